The number of benzene rings is 2. The third kappa shape index (κ3) is 4.04. The second kappa shape index (κ2) is 7.96. The van der Waals surface area contributed by atoms with Crippen LogP contribution in [0.25, 0.3) is 10.9 Å². The molecule has 0 aliphatic heterocycles. The molecule has 0 saturated heterocycles. The molecule has 140 valence electrons. The van der Waals surface area contributed by atoms with Gasteiger partial charge in [-0.25, -0.2) is 9.78 Å². The average Bonchev–Trinajstić information content (AvgIpc) is 3.13. The predicted molar refractivity (Wildman–Crippen MR) is 111 cm³/mol. The zero-order valence-corrected chi connectivity index (χ0v) is 15.4. The first-order valence-corrected chi connectivity index (χ1v) is 9.29. The van der Waals surface area contributed by atoms with Crippen molar-refractivity contribution in [3.8, 4) is 0 Å². The van der Waals surface area contributed by atoms with E-state index in [1.165, 1.54) is 34.3 Å². The van der Waals surface area contributed by atoms with Crippen molar-refractivity contribution in [1.82, 2.24) is 9.97 Å². The Morgan fingerprint density at radius 3 is 2.64 bits per heavy atom. The number of hydrogen-bond acceptors (Lipinski definition) is 3. The maximum atomic E-state index is 11.0. The zero-order chi connectivity index (χ0) is 19.3. The summed E-state index contributed by atoms with van der Waals surface area (Å²) in [6.07, 6.45) is 6.74. The molecule has 0 bridgehead atoms. The molecule has 0 saturated carbocycles. The highest BCUT2D eigenvalue weighted by Crippen LogP contribution is 2.21. The molecule has 0 aliphatic carbocycles. The standard InChI is InChI=1S/C23H21N3O2/c27-23(28)22-14-19(12-13-24-22)26-18-10-8-16(9-11-18)4-3-5-17-15-25-21-7-2-1-6-20(17)21/h1-2,6-15,25H,3-5H2,(H,24,26)(H,27,28). The van der Waals surface area contributed by atoms with Crippen LogP contribution < -0.4 is 5.32 Å². The van der Waals surface area contributed by atoms with E-state index >= 15 is 0 Å². The number of aryl methyl sites for hydroxylation is 2. The summed E-state index contributed by atoms with van der Waals surface area (Å²) in [6, 6.07) is 19.9. The van der Waals surface area contributed by atoms with Crippen molar-refractivity contribution in [3.63, 3.8) is 0 Å². The minimum absolute atomic E-state index is 0.0268. The highest BCUT2D eigenvalue weighted by Gasteiger charge is 2.06. The van der Waals surface area contributed by atoms with E-state index in [0.717, 1.165) is 24.9 Å². The molecular formula is C23H21N3O2. The van der Waals surface area contributed by atoms with Gasteiger partial charge in [-0.3, -0.25) is 0 Å². The lowest BCUT2D eigenvalue weighted by molar-refractivity contribution is 0.0690. The number of aromatic nitrogens is 2. The van der Waals surface area contributed by atoms with Crippen molar-refractivity contribution in [2.24, 2.45) is 0 Å². The number of pyridine rings is 1. The van der Waals surface area contributed by atoms with Gasteiger partial charge in [0.15, 0.2) is 0 Å². The van der Waals surface area contributed by atoms with Crippen LogP contribution in [0, 0.1) is 0 Å². The Morgan fingerprint density at radius 1 is 1.00 bits per heavy atom. The van der Waals surface area contributed by atoms with Gasteiger partial charge < -0.3 is 15.4 Å². The summed E-state index contributed by atoms with van der Waals surface area (Å²) in [5.74, 6) is -1.03. The van der Waals surface area contributed by atoms with Crippen molar-refractivity contribution in [2.45, 2.75) is 19.3 Å². The summed E-state index contributed by atoms with van der Waals surface area (Å²) < 4.78 is 0. The molecule has 0 fully saturated rings. The van der Waals surface area contributed by atoms with Gasteiger partial charge in [0.25, 0.3) is 0 Å². The molecular weight excluding hydrogens is 350 g/mol. The van der Waals surface area contributed by atoms with Crippen LogP contribution in [0.1, 0.15) is 28.0 Å². The van der Waals surface area contributed by atoms with Gasteiger partial charge in [-0.15, -0.1) is 0 Å². The van der Waals surface area contributed by atoms with E-state index in [9.17, 15) is 4.79 Å². The fourth-order valence-corrected chi connectivity index (χ4v) is 3.37. The number of fused-ring (bicyclic) bond motifs is 1. The highest BCUT2D eigenvalue weighted by molar-refractivity contribution is 5.86. The number of aromatic amines is 1. The lowest BCUT2D eigenvalue weighted by atomic mass is 10.0. The summed E-state index contributed by atoms with van der Waals surface area (Å²) in [5, 5.41) is 13.6. The molecule has 0 radical (unpaired) electrons. The number of nitrogens with zero attached hydrogens (tertiary/aromatic N) is 1. The third-order valence-electron chi connectivity index (χ3n) is 4.81. The van der Waals surface area contributed by atoms with Crippen molar-refractivity contribution >= 4 is 28.2 Å². The van der Waals surface area contributed by atoms with Crippen LogP contribution in [0.3, 0.4) is 0 Å². The van der Waals surface area contributed by atoms with Gasteiger partial charge in [0.2, 0.25) is 0 Å². The molecule has 0 atom stereocenters. The van der Waals surface area contributed by atoms with Crippen molar-refractivity contribution < 1.29 is 9.90 Å². The zero-order valence-electron chi connectivity index (χ0n) is 15.4. The summed E-state index contributed by atoms with van der Waals surface area (Å²) in [4.78, 5) is 18.2. The fourth-order valence-electron chi connectivity index (χ4n) is 3.37. The molecule has 0 spiro atoms. The number of rotatable bonds is 7. The second-order valence-corrected chi connectivity index (χ2v) is 6.77. The molecule has 5 heteroatoms. The molecule has 28 heavy (non-hydrogen) atoms. The van der Waals surface area contributed by atoms with Crippen LogP contribution in [0.5, 0.6) is 0 Å². The maximum absolute atomic E-state index is 11.0. The summed E-state index contributed by atoms with van der Waals surface area (Å²) >= 11 is 0. The highest BCUT2D eigenvalue weighted by atomic mass is 16.4. The summed E-state index contributed by atoms with van der Waals surface area (Å²) in [5.41, 5.74) is 5.49. The molecule has 3 N–H and O–H groups in total. The van der Waals surface area contributed by atoms with E-state index in [-0.39, 0.29) is 5.69 Å². The van der Waals surface area contributed by atoms with Crippen LogP contribution in [-0.2, 0) is 12.8 Å². The Labute approximate surface area is 163 Å². The molecule has 2 aromatic carbocycles. The number of anilines is 2. The van der Waals surface area contributed by atoms with E-state index in [4.69, 9.17) is 5.11 Å². The minimum Gasteiger partial charge on any atom is -0.477 e. The van der Waals surface area contributed by atoms with Gasteiger partial charge in [-0.05, 0) is 60.7 Å². The first kappa shape index (κ1) is 17.8. The van der Waals surface area contributed by atoms with E-state index in [0.29, 0.717) is 5.69 Å². The molecule has 4 aromatic rings. The lowest BCUT2D eigenvalue weighted by Crippen LogP contribution is -2.01. The van der Waals surface area contributed by atoms with Crippen LogP contribution in [0.2, 0.25) is 0 Å². The molecule has 5 nitrogen and oxygen atoms in total. The monoisotopic (exact) mass is 371 g/mol. The number of hydrogen-bond donors (Lipinski definition) is 3. The average molecular weight is 371 g/mol. The molecule has 2 aromatic heterocycles. The third-order valence-corrected chi connectivity index (χ3v) is 4.81. The van der Waals surface area contributed by atoms with Gasteiger partial charge in [-0.1, -0.05) is 30.3 Å². The van der Waals surface area contributed by atoms with E-state index < -0.39 is 5.97 Å². The Kier molecular flexibility index (Phi) is 5.06. The smallest absolute Gasteiger partial charge is 0.354 e. The van der Waals surface area contributed by atoms with Gasteiger partial charge in [-0.2, -0.15) is 0 Å². The number of nitrogens with one attached hydrogen (secondary N) is 2. The van der Waals surface area contributed by atoms with Crippen LogP contribution in [0.4, 0.5) is 11.4 Å². The van der Waals surface area contributed by atoms with Gasteiger partial charge in [0.1, 0.15) is 5.69 Å². The Morgan fingerprint density at radius 2 is 1.82 bits per heavy atom. The molecule has 0 aliphatic rings. The Hall–Kier alpha value is -3.60. The van der Waals surface area contributed by atoms with Gasteiger partial charge in [0, 0.05) is 34.7 Å². The Balaban J connectivity index is 1.34. The quantitative estimate of drug-likeness (QED) is 0.418. The fraction of sp³-hybridized carbons (Fsp3) is 0.130. The summed E-state index contributed by atoms with van der Waals surface area (Å²) in [6.45, 7) is 0. The van der Waals surface area contributed by atoms with Crippen molar-refractivity contribution in [1.29, 1.82) is 0 Å². The number of carbonyl (C=O) groups is 1. The lowest BCUT2D eigenvalue weighted by Gasteiger charge is -2.08. The van der Waals surface area contributed by atoms with Crippen molar-refractivity contribution in [2.75, 3.05) is 5.32 Å². The minimum atomic E-state index is -1.03. The van der Waals surface area contributed by atoms with E-state index in [1.54, 1.807) is 6.07 Å². The molecule has 0 amide bonds. The largest absolute Gasteiger partial charge is 0.477 e. The molecule has 2 heterocycles. The second-order valence-electron chi connectivity index (χ2n) is 6.77. The van der Waals surface area contributed by atoms with Crippen LogP contribution in [0.15, 0.2) is 73.1 Å². The SMILES string of the molecule is O=C(O)c1cc(Nc2ccc(CCCc3c[nH]c4ccccc34)cc2)ccn1. The number of carboxylic acids is 1. The molecule has 4 rings (SSSR count). The van der Waals surface area contributed by atoms with Crippen LogP contribution >= 0.6 is 0 Å². The first-order valence-electron chi connectivity index (χ1n) is 9.29. The number of H-pyrrole nitrogens is 1. The maximum Gasteiger partial charge on any atom is 0.354 e. The van der Waals surface area contributed by atoms with E-state index in [1.807, 2.05) is 18.2 Å². The predicted octanol–water partition coefficient (Wildman–Crippen LogP) is 5.18. The van der Waals surface area contributed by atoms with E-state index in [2.05, 4.69) is 51.8 Å². The first-order chi connectivity index (χ1) is 13.7. The Bertz CT molecular complexity index is 1100. The van der Waals surface area contributed by atoms with Crippen molar-refractivity contribution in [3.05, 3.63) is 89.9 Å². The molecule has 0 unspecified atom stereocenters. The van der Waals surface area contributed by atoms with Crippen LogP contribution in [-0.4, -0.2) is 21.0 Å². The van der Waals surface area contributed by atoms with Gasteiger partial charge in [0.05, 0.1) is 0 Å². The number of aromatic carboxylic acids is 1. The van der Waals surface area contributed by atoms with Gasteiger partial charge >= 0.3 is 5.97 Å². The normalized spacial score (nSPS) is 10.9. The topological polar surface area (TPSA) is 78.0 Å². The number of carboxylic acid groups (broad SMARTS) is 1. The number of para-hydroxylation sites is 1. The summed E-state index contributed by atoms with van der Waals surface area (Å²) in [7, 11) is 0.